The normalized spacial score (nSPS) is 14.7. The zero-order valence-corrected chi connectivity index (χ0v) is 14.3. The smallest absolute Gasteiger partial charge is 0.321 e. The van der Waals surface area contributed by atoms with E-state index in [4.69, 9.17) is 4.74 Å². The Morgan fingerprint density at radius 3 is 2.28 bits per heavy atom. The van der Waals surface area contributed by atoms with E-state index in [0.717, 1.165) is 12.1 Å². The number of urea groups is 1. The van der Waals surface area contributed by atoms with Crippen LogP contribution in [-0.4, -0.2) is 44.8 Å². The van der Waals surface area contributed by atoms with Crippen LogP contribution in [0.2, 0.25) is 0 Å². The molecule has 0 bridgehead atoms. The fraction of sp³-hybridized carbons (Fsp3) is 0.235. The number of amides is 2. The highest BCUT2D eigenvalue weighted by Crippen LogP contribution is 2.25. The first-order chi connectivity index (χ1) is 11.9. The third-order valence-corrected chi connectivity index (χ3v) is 6.16. The number of nitrogens with one attached hydrogen (secondary N) is 1. The van der Waals surface area contributed by atoms with Gasteiger partial charge in [0.15, 0.2) is 9.84 Å². The fourth-order valence-electron chi connectivity index (χ4n) is 2.49. The molecule has 0 radical (unpaired) electrons. The molecule has 2 aromatic carbocycles. The van der Waals surface area contributed by atoms with Crippen LogP contribution in [0.3, 0.4) is 0 Å². The number of halogens is 1. The molecular weight excluding hydrogens is 347 g/mol. The minimum absolute atomic E-state index is 0.0640. The minimum atomic E-state index is -3.57. The van der Waals surface area contributed by atoms with Gasteiger partial charge in [0, 0.05) is 18.8 Å². The number of likely N-dealkylation sites (tertiary alicyclic amines) is 1. The average Bonchev–Trinajstić information content (AvgIpc) is 2.54. The van der Waals surface area contributed by atoms with Gasteiger partial charge in [-0.3, -0.25) is 0 Å². The second kappa shape index (κ2) is 6.72. The Balaban J connectivity index is 1.59. The van der Waals surface area contributed by atoms with Crippen LogP contribution in [0.5, 0.6) is 5.75 Å². The van der Waals surface area contributed by atoms with Crippen molar-refractivity contribution in [3.05, 3.63) is 54.3 Å². The molecule has 1 aliphatic rings. The van der Waals surface area contributed by atoms with Crippen molar-refractivity contribution < 1.29 is 22.3 Å². The highest BCUT2D eigenvalue weighted by molar-refractivity contribution is 7.92. The summed E-state index contributed by atoms with van der Waals surface area (Å²) in [5.74, 6) is 0.181. The summed E-state index contributed by atoms with van der Waals surface area (Å²) in [5.41, 5.74) is 0.593. The lowest BCUT2D eigenvalue weighted by atomic mass is 10.2. The summed E-state index contributed by atoms with van der Waals surface area (Å²) in [5, 5.41) is 2.02. The topological polar surface area (TPSA) is 75.7 Å². The Morgan fingerprint density at radius 2 is 1.72 bits per heavy atom. The molecule has 3 rings (SSSR count). The van der Waals surface area contributed by atoms with Crippen LogP contribution in [0.15, 0.2) is 53.4 Å². The van der Waals surface area contributed by atoms with Crippen LogP contribution < -0.4 is 10.1 Å². The summed E-state index contributed by atoms with van der Waals surface area (Å²) in [6.07, 6.45) is 0. The van der Waals surface area contributed by atoms with Gasteiger partial charge in [0.2, 0.25) is 0 Å². The molecule has 0 atom stereocenters. The molecule has 0 unspecified atom stereocenters. The molecule has 2 aromatic rings. The molecule has 8 heteroatoms. The molecule has 1 heterocycles. The van der Waals surface area contributed by atoms with Gasteiger partial charge >= 0.3 is 6.03 Å². The van der Waals surface area contributed by atoms with Crippen LogP contribution >= 0.6 is 0 Å². The highest BCUT2D eigenvalue weighted by Gasteiger charge is 2.40. The number of benzene rings is 2. The molecule has 1 N–H and O–H groups in total. The van der Waals surface area contributed by atoms with E-state index < -0.39 is 20.9 Å². The maximum Gasteiger partial charge on any atom is 0.321 e. The summed E-state index contributed by atoms with van der Waals surface area (Å²) < 4.78 is 42.8. The first-order valence-corrected chi connectivity index (χ1v) is 9.14. The van der Waals surface area contributed by atoms with E-state index in [2.05, 4.69) is 5.32 Å². The SMILES string of the molecule is COc1ccc(NC(=O)N2CC(S(=O)(=O)c3ccc(F)cc3)C2)cc1. The number of carbonyl (C=O) groups excluding carboxylic acids is 1. The molecule has 1 aliphatic heterocycles. The van der Waals surface area contributed by atoms with E-state index in [9.17, 15) is 17.6 Å². The Labute approximate surface area is 145 Å². The minimum Gasteiger partial charge on any atom is -0.497 e. The van der Waals surface area contributed by atoms with Gasteiger partial charge in [0.25, 0.3) is 0 Å². The van der Waals surface area contributed by atoms with Crippen molar-refractivity contribution in [3.63, 3.8) is 0 Å². The van der Waals surface area contributed by atoms with Gasteiger partial charge in [-0.1, -0.05) is 0 Å². The second-order valence-corrected chi connectivity index (χ2v) is 7.91. The summed E-state index contributed by atoms with van der Waals surface area (Å²) >= 11 is 0. The van der Waals surface area contributed by atoms with E-state index in [-0.39, 0.29) is 24.0 Å². The lowest BCUT2D eigenvalue weighted by molar-refractivity contribution is 0.182. The number of methoxy groups -OCH3 is 1. The van der Waals surface area contributed by atoms with Gasteiger partial charge in [-0.05, 0) is 48.5 Å². The van der Waals surface area contributed by atoms with Gasteiger partial charge in [-0.2, -0.15) is 0 Å². The summed E-state index contributed by atoms with van der Waals surface area (Å²) in [6.45, 7) is 0.198. The fourth-order valence-corrected chi connectivity index (χ4v) is 4.15. The van der Waals surface area contributed by atoms with Gasteiger partial charge in [-0.25, -0.2) is 17.6 Å². The summed E-state index contributed by atoms with van der Waals surface area (Å²) in [6, 6.07) is 11.2. The molecule has 6 nitrogen and oxygen atoms in total. The maximum absolute atomic E-state index is 12.9. The van der Waals surface area contributed by atoms with Crippen LogP contribution in [0.25, 0.3) is 0 Å². The Morgan fingerprint density at radius 1 is 1.12 bits per heavy atom. The molecule has 0 aliphatic carbocycles. The summed E-state index contributed by atoms with van der Waals surface area (Å²) in [4.78, 5) is 13.6. The first kappa shape index (κ1) is 17.2. The molecule has 0 spiro atoms. The third kappa shape index (κ3) is 3.58. The molecule has 2 amide bonds. The van der Waals surface area contributed by atoms with E-state index in [1.54, 1.807) is 31.4 Å². The first-order valence-electron chi connectivity index (χ1n) is 7.59. The van der Waals surface area contributed by atoms with Crippen LogP contribution in [-0.2, 0) is 9.84 Å². The van der Waals surface area contributed by atoms with Crippen LogP contribution in [0, 0.1) is 5.82 Å². The highest BCUT2D eigenvalue weighted by atomic mass is 32.2. The number of sulfone groups is 1. The molecule has 25 heavy (non-hydrogen) atoms. The quantitative estimate of drug-likeness (QED) is 0.846. The van der Waals surface area contributed by atoms with Crippen molar-refractivity contribution in [2.24, 2.45) is 0 Å². The monoisotopic (exact) mass is 364 g/mol. The zero-order chi connectivity index (χ0) is 18.0. The second-order valence-electron chi connectivity index (χ2n) is 5.68. The number of carbonyl (C=O) groups is 1. The van der Waals surface area contributed by atoms with Crippen molar-refractivity contribution in [1.29, 1.82) is 0 Å². The van der Waals surface area contributed by atoms with Gasteiger partial charge < -0.3 is 15.0 Å². The summed E-state index contributed by atoms with van der Waals surface area (Å²) in [7, 11) is -2.02. The predicted molar refractivity (Wildman–Crippen MR) is 91.0 cm³/mol. The van der Waals surface area contributed by atoms with Crippen molar-refractivity contribution in [3.8, 4) is 5.75 Å². The zero-order valence-electron chi connectivity index (χ0n) is 13.5. The molecule has 1 fully saturated rings. The van der Waals surface area contributed by atoms with Gasteiger partial charge in [0.1, 0.15) is 16.8 Å². The Bertz CT molecular complexity index is 861. The lowest BCUT2D eigenvalue weighted by Gasteiger charge is -2.38. The maximum atomic E-state index is 12.9. The lowest BCUT2D eigenvalue weighted by Crippen LogP contribution is -2.58. The van der Waals surface area contributed by atoms with Crippen molar-refractivity contribution in [2.45, 2.75) is 10.1 Å². The standard InChI is InChI=1S/C17H17FN2O4S/c1-24-14-6-4-13(5-7-14)19-17(21)20-10-16(11-20)25(22,23)15-8-2-12(18)3-9-15/h2-9,16H,10-11H2,1H3,(H,19,21). The molecule has 1 saturated heterocycles. The van der Waals surface area contributed by atoms with Crippen molar-refractivity contribution in [2.75, 3.05) is 25.5 Å². The van der Waals surface area contributed by atoms with Crippen molar-refractivity contribution >= 4 is 21.6 Å². The van der Waals surface area contributed by atoms with Crippen LogP contribution in [0.4, 0.5) is 14.9 Å². The molecule has 132 valence electrons. The number of anilines is 1. The predicted octanol–water partition coefficient (Wildman–Crippen LogP) is 2.52. The van der Waals surface area contributed by atoms with E-state index in [1.165, 1.54) is 17.0 Å². The Hall–Kier alpha value is -2.61. The van der Waals surface area contributed by atoms with Gasteiger partial charge in [0.05, 0.1) is 12.0 Å². The van der Waals surface area contributed by atoms with E-state index >= 15 is 0 Å². The number of hydrogen-bond donors (Lipinski definition) is 1. The van der Waals surface area contributed by atoms with E-state index in [1.807, 2.05) is 0 Å². The molecule has 0 saturated carbocycles. The molecule has 0 aromatic heterocycles. The third-order valence-electron chi connectivity index (χ3n) is 4.06. The Kier molecular flexibility index (Phi) is 4.63. The number of ether oxygens (including phenoxy) is 1. The van der Waals surface area contributed by atoms with Crippen molar-refractivity contribution in [1.82, 2.24) is 4.90 Å². The van der Waals surface area contributed by atoms with Gasteiger partial charge in [-0.15, -0.1) is 0 Å². The number of nitrogens with zero attached hydrogens (tertiary/aromatic N) is 1. The number of hydrogen-bond acceptors (Lipinski definition) is 4. The average molecular weight is 364 g/mol. The van der Waals surface area contributed by atoms with Crippen LogP contribution in [0.1, 0.15) is 0 Å². The largest absolute Gasteiger partial charge is 0.497 e. The molecular formula is C17H17FN2O4S. The van der Waals surface area contributed by atoms with E-state index in [0.29, 0.717) is 11.4 Å². The number of rotatable bonds is 4.